The van der Waals surface area contributed by atoms with E-state index >= 15 is 0 Å². The van der Waals surface area contributed by atoms with Gasteiger partial charge in [0.2, 0.25) is 0 Å². The van der Waals surface area contributed by atoms with Crippen LogP contribution in [0, 0.1) is 0 Å². The molecule has 7 aromatic carbocycles. The van der Waals surface area contributed by atoms with Crippen LogP contribution in [-0.4, -0.2) is 190 Å². The van der Waals surface area contributed by atoms with E-state index in [0.717, 1.165) is 33.4 Å². The fraction of sp³-hybridized carbons (Fsp3) is 0.517. The quantitative estimate of drug-likeness (QED) is 0.0461. The Bertz CT molecular complexity index is 3320. The normalized spacial score (nSPS) is 29.2. The zero-order valence-corrected chi connectivity index (χ0v) is 66.7. The van der Waals surface area contributed by atoms with Gasteiger partial charge in [0.15, 0.2) is 44.0 Å². The first-order chi connectivity index (χ1) is 53.9. The van der Waals surface area contributed by atoms with Crippen LogP contribution < -0.4 is 0 Å². The second-order valence-corrected chi connectivity index (χ2v) is 23.8. The summed E-state index contributed by atoms with van der Waals surface area (Å²) < 4.78 is 83.3. The predicted octanol–water partition coefficient (Wildman–Crippen LogP) is 13.2. The van der Waals surface area contributed by atoms with E-state index < -0.39 is 137 Å². The van der Waals surface area contributed by atoms with Gasteiger partial charge >= 0.3 is 0 Å². The van der Waals surface area contributed by atoms with Crippen molar-refractivity contribution in [3.63, 3.8) is 0 Å². The van der Waals surface area contributed by atoms with Crippen LogP contribution >= 0.6 is 0 Å². The molecule has 110 heavy (non-hydrogen) atoms. The number of hydrogen-bond acceptors (Lipinski definition) is 23. The maximum atomic E-state index is 10.3. The largest absolute Gasteiger partial charge is 0.394 e. The van der Waals surface area contributed by atoms with E-state index in [4.69, 9.17) is 71.4 Å². The van der Waals surface area contributed by atoms with Gasteiger partial charge in [0.05, 0.1) is 52.4 Å². The first kappa shape index (κ1) is 96.0. The molecule has 0 radical (unpaired) electrons. The van der Waals surface area contributed by atoms with Crippen molar-refractivity contribution < 1.29 is 112 Å². The summed E-state index contributed by atoms with van der Waals surface area (Å²) >= 11 is 0. The Morgan fingerprint density at radius 1 is 0.291 bits per heavy atom. The molecule has 7 saturated heterocycles. The average molecular weight is 1540 g/mol. The summed E-state index contributed by atoms with van der Waals surface area (Å²) in [5.74, 6) is 0. The highest BCUT2D eigenvalue weighted by Crippen LogP contribution is 2.43. The van der Waals surface area contributed by atoms with Crippen LogP contribution in [0.4, 0.5) is 0 Å². The van der Waals surface area contributed by atoms with Gasteiger partial charge in [-0.05, 0) is 6.92 Å². The Hall–Kier alpha value is -6.38. The molecular weight excluding hydrogens is 1410 g/mol. The minimum Gasteiger partial charge on any atom is -0.394 e. The lowest BCUT2D eigenvalue weighted by atomic mass is 9.99. The molecule has 612 valence electrons. The lowest BCUT2D eigenvalue weighted by molar-refractivity contribution is -0.373. The van der Waals surface area contributed by atoms with E-state index in [2.05, 4.69) is 0 Å². The van der Waals surface area contributed by atoms with Crippen LogP contribution in [0.5, 0.6) is 0 Å². The summed E-state index contributed by atoms with van der Waals surface area (Å²) in [7, 11) is 0. The number of fused-ring (bicyclic) bond motifs is 2. The highest BCUT2D eigenvalue weighted by atomic mass is 16.8. The fourth-order valence-electron chi connectivity index (χ4n) is 11.9. The molecule has 0 saturated carbocycles. The molecule has 7 fully saturated rings. The van der Waals surface area contributed by atoms with E-state index in [1.807, 2.05) is 285 Å². The van der Waals surface area contributed by atoms with Gasteiger partial charge in [-0.1, -0.05) is 309 Å². The van der Waals surface area contributed by atoms with E-state index in [-0.39, 0.29) is 31.0 Å². The predicted molar refractivity (Wildman–Crippen MR) is 419 cm³/mol. The minimum atomic E-state index is -1.24. The molecule has 14 rings (SSSR count). The molecule has 23 heteroatoms. The van der Waals surface area contributed by atoms with Crippen molar-refractivity contribution in [3.05, 3.63) is 251 Å². The first-order valence-electron chi connectivity index (χ1n) is 39.1. The van der Waals surface area contributed by atoms with Gasteiger partial charge < -0.3 is 112 Å². The van der Waals surface area contributed by atoms with Crippen LogP contribution in [0.1, 0.15) is 187 Å². The van der Waals surface area contributed by atoms with Gasteiger partial charge in [-0.15, -0.1) is 0 Å². The zero-order valence-electron chi connectivity index (χ0n) is 66.7. The van der Waals surface area contributed by atoms with Crippen molar-refractivity contribution in [3.8, 4) is 0 Å². The monoisotopic (exact) mass is 1540 g/mol. The van der Waals surface area contributed by atoms with Crippen molar-refractivity contribution in [2.45, 2.75) is 246 Å². The lowest BCUT2D eigenvalue weighted by Gasteiger charge is -2.47. The van der Waals surface area contributed by atoms with Gasteiger partial charge in [0.1, 0.15) is 91.6 Å². The van der Waals surface area contributed by atoms with E-state index in [0.29, 0.717) is 25.4 Å². The Kier molecular flexibility index (Phi) is 47.4. The van der Waals surface area contributed by atoms with Crippen molar-refractivity contribution in [1.82, 2.24) is 0 Å². The highest BCUT2D eigenvalue weighted by Gasteiger charge is 2.52. The molecular formula is C87H126O23. The highest BCUT2D eigenvalue weighted by molar-refractivity contribution is 5.23. The SMILES string of the molecule is CC.CC.CC.CC.CC.CC.CC.CC(O)C(O)C1OC(c2ccccc2)OCC1O.OCC(O)C1OC(c2ccccc2)OC(CO)C1O.OCC(O)C1OC(c2ccccc2)OC2COC(c3ccccc3)OC21.c1ccc(C2OCC(C3OC(c4ccccc4)OC4COC(c5ccccc5)OC43)O2)cc1. The zero-order chi connectivity index (χ0) is 80.9. The van der Waals surface area contributed by atoms with Crippen molar-refractivity contribution in [1.29, 1.82) is 0 Å². The van der Waals surface area contributed by atoms with E-state index in [1.165, 1.54) is 6.92 Å². The molecule has 0 aliphatic carbocycles. The number of benzene rings is 7. The topological polar surface area (TPSA) is 311 Å². The fourth-order valence-corrected chi connectivity index (χ4v) is 11.9. The van der Waals surface area contributed by atoms with E-state index in [9.17, 15) is 40.9 Å². The number of hydrogen-bond donors (Lipinski definition) is 9. The number of aliphatic hydroxyl groups is 9. The third kappa shape index (κ3) is 28.0. The van der Waals surface area contributed by atoms with Gasteiger partial charge in [-0.3, -0.25) is 0 Å². The molecule has 7 aromatic rings. The summed E-state index contributed by atoms with van der Waals surface area (Å²) in [6.07, 6.45) is -16.4. The Balaban J connectivity index is 0.000000301. The van der Waals surface area contributed by atoms with Crippen LogP contribution in [0.2, 0.25) is 0 Å². The summed E-state index contributed by atoms with van der Waals surface area (Å²) in [6.45, 7) is 29.3. The molecule has 7 aliphatic rings. The third-order valence-corrected chi connectivity index (χ3v) is 17.0. The summed E-state index contributed by atoms with van der Waals surface area (Å²) in [6, 6.07) is 67.1. The molecule has 7 aliphatic heterocycles. The Morgan fingerprint density at radius 3 is 0.873 bits per heavy atom. The standard InChI is InChI=1S/C27H26O6.C20H22O6.C13H18O6.C13H18O5.7C2H6/c1-4-10-18(11-5-1)25-28-16-21(30-25)24-23-22(31-27(33-24)20-14-8-3-9-15-20)17-29-26(32-23)19-12-6-2-7-13-19;21-11-15(22)17-18-16(24-20(25-17)14-9-5-2-6-10-14)12-23-19(26-18)13-7-3-1-4-8-13;14-6-9(16)12-11(17)10(7-15)18-13(19-12)8-4-2-1-3-5-8;1-8(14)11(16)12-10(15)7-17-13(18-12)9-5-3-2-4-6-9;7*1-2/h1-15,21-27H,16-17H2;1-10,15-22H,11-12H2;1-5,9-17H,6-7H2;2-6,8,10-16H,7H2,1H3;7*1-2H3. The summed E-state index contributed by atoms with van der Waals surface area (Å²) in [4.78, 5) is 0. The second kappa shape index (κ2) is 54.4. The molecule has 23 atom stereocenters. The Labute approximate surface area is 652 Å². The number of aliphatic hydroxyl groups excluding tert-OH is 9. The van der Waals surface area contributed by atoms with Crippen molar-refractivity contribution >= 4 is 0 Å². The summed E-state index contributed by atoms with van der Waals surface area (Å²) in [5.41, 5.74) is 6.14. The molecule has 23 nitrogen and oxygen atoms in total. The smallest absolute Gasteiger partial charge is 0.184 e. The molecule has 0 amide bonds. The molecule has 0 spiro atoms. The van der Waals surface area contributed by atoms with E-state index in [1.54, 1.807) is 24.3 Å². The minimum absolute atomic E-state index is 0.0635. The van der Waals surface area contributed by atoms with Crippen LogP contribution in [0.3, 0.4) is 0 Å². The molecule has 9 N–H and O–H groups in total. The molecule has 23 unspecified atom stereocenters. The van der Waals surface area contributed by atoms with Gasteiger partial charge in [-0.2, -0.15) is 0 Å². The van der Waals surface area contributed by atoms with Crippen molar-refractivity contribution in [2.24, 2.45) is 0 Å². The first-order valence-corrected chi connectivity index (χ1v) is 39.1. The van der Waals surface area contributed by atoms with Crippen LogP contribution in [0.15, 0.2) is 212 Å². The number of rotatable bonds is 15. The maximum Gasteiger partial charge on any atom is 0.184 e. The van der Waals surface area contributed by atoms with Crippen LogP contribution in [0.25, 0.3) is 0 Å². The summed E-state index contributed by atoms with van der Waals surface area (Å²) in [5, 5.41) is 86.4. The lowest BCUT2D eigenvalue weighted by Crippen LogP contribution is -2.58. The van der Waals surface area contributed by atoms with Crippen LogP contribution in [-0.2, 0) is 66.3 Å². The van der Waals surface area contributed by atoms with Crippen molar-refractivity contribution in [2.75, 3.05) is 46.2 Å². The average Bonchev–Trinajstić information content (AvgIpc) is 1.51. The Morgan fingerprint density at radius 2 is 0.536 bits per heavy atom. The molecule has 0 aromatic heterocycles. The van der Waals surface area contributed by atoms with Gasteiger partial charge in [-0.25, -0.2) is 0 Å². The van der Waals surface area contributed by atoms with Gasteiger partial charge in [0.25, 0.3) is 0 Å². The number of ether oxygens (including phenoxy) is 14. The maximum absolute atomic E-state index is 10.3. The molecule has 7 heterocycles. The second-order valence-electron chi connectivity index (χ2n) is 23.8. The molecule has 0 bridgehead atoms. The van der Waals surface area contributed by atoms with Gasteiger partial charge in [0, 0.05) is 38.9 Å². The third-order valence-electron chi connectivity index (χ3n) is 17.0.